The van der Waals surface area contributed by atoms with E-state index in [2.05, 4.69) is 10.9 Å². The lowest BCUT2D eigenvalue weighted by Crippen LogP contribution is -2.50. The highest BCUT2D eigenvalue weighted by atomic mass is 16.6. The fraction of sp³-hybridized carbons (Fsp3) is 0.364. The lowest BCUT2D eigenvalue weighted by atomic mass is 10.1. The second-order valence-corrected chi connectivity index (χ2v) is 6.41. The molecule has 0 saturated heterocycles. The molecule has 0 aliphatic carbocycles. The first kappa shape index (κ1) is 22.1. The van der Waals surface area contributed by atoms with E-state index in [9.17, 15) is 9.59 Å². The first-order valence-electron chi connectivity index (χ1n) is 10.1. The minimum Gasteiger partial charge on any atom is -0.490 e. The summed E-state index contributed by atoms with van der Waals surface area (Å²) in [6.07, 6.45) is -0.895. The van der Waals surface area contributed by atoms with Crippen LogP contribution in [0, 0.1) is 0 Å². The van der Waals surface area contributed by atoms with Gasteiger partial charge in [0.2, 0.25) is 11.9 Å². The summed E-state index contributed by atoms with van der Waals surface area (Å²) >= 11 is 0. The van der Waals surface area contributed by atoms with Gasteiger partial charge in [0.1, 0.15) is 6.61 Å². The van der Waals surface area contributed by atoms with Crippen LogP contribution in [0.25, 0.3) is 0 Å². The molecule has 1 atom stereocenters. The Morgan fingerprint density at radius 2 is 1.55 bits per heavy atom. The van der Waals surface area contributed by atoms with Crippen LogP contribution in [-0.2, 0) is 4.79 Å². The van der Waals surface area contributed by atoms with E-state index in [-0.39, 0.29) is 12.2 Å². The number of hydrogen-bond donors (Lipinski definition) is 2. The van der Waals surface area contributed by atoms with Gasteiger partial charge < -0.3 is 23.7 Å². The Bertz CT molecular complexity index is 905. The van der Waals surface area contributed by atoms with Crippen LogP contribution in [0.3, 0.4) is 0 Å². The van der Waals surface area contributed by atoms with E-state index in [1.54, 1.807) is 18.2 Å². The zero-order valence-corrected chi connectivity index (χ0v) is 17.7. The third kappa shape index (κ3) is 5.30. The molecule has 9 heteroatoms. The van der Waals surface area contributed by atoms with Crippen molar-refractivity contribution in [2.24, 2.45) is 0 Å². The minimum absolute atomic E-state index is 0.0325. The van der Waals surface area contributed by atoms with Gasteiger partial charge in [-0.05, 0) is 45.0 Å². The molecule has 2 aromatic rings. The quantitative estimate of drug-likeness (QED) is 0.620. The van der Waals surface area contributed by atoms with Gasteiger partial charge in [-0.1, -0.05) is 12.1 Å². The molecule has 0 bridgehead atoms. The number of fused-ring (bicyclic) bond motifs is 1. The Labute approximate surface area is 180 Å². The van der Waals surface area contributed by atoms with Gasteiger partial charge in [-0.25, -0.2) is 0 Å². The van der Waals surface area contributed by atoms with Crippen LogP contribution in [0.4, 0.5) is 0 Å². The third-order valence-electron chi connectivity index (χ3n) is 4.27. The van der Waals surface area contributed by atoms with Crippen LogP contribution >= 0.6 is 0 Å². The maximum Gasteiger partial charge on any atom is 0.283 e. The fourth-order valence-electron chi connectivity index (χ4n) is 2.94. The molecule has 0 saturated carbocycles. The number of hydrazine groups is 1. The van der Waals surface area contributed by atoms with Crippen LogP contribution in [0.1, 0.15) is 31.1 Å². The number of benzene rings is 2. The van der Waals surface area contributed by atoms with Crippen LogP contribution < -0.4 is 34.5 Å². The normalized spacial score (nSPS) is 14.4. The smallest absolute Gasteiger partial charge is 0.283 e. The molecule has 31 heavy (non-hydrogen) atoms. The van der Waals surface area contributed by atoms with Crippen molar-refractivity contribution in [3.05, 3.63) is 42.0 Å². The third-order valence-corrected chi connectivity index (χ3v) is 4.27. The summed E-state index contributed by atoms with van der Waals surface area (Å²) in [5.41, 5.74) is 4.99. The number of carbonyl (C=O) groups is 2. The Balaban J connectivity index is 1.69. The van der Waals surface area contributed by atoms with Gasteiger partial charge >= 0.3 is 0 Å². The Kier molecular flexibility index (Phi) is 7.42. The minimum atomic E-state index is -0.895. The summed E-state index contributed by atoms with van der Waals surface area (Å²) in [5.74, 6) is 1.14. The molecule has 2 N–H and O–H groups in total. The summed E-state index contributed by atoms with van der Waals surface area (Å²) in [6, 6.07) is 10.1. The Morgan fingerprint density at radius 1 is 0.935 bits per heavy atom. The number of ether oxygens (including phenoxy) is 5. The predicted molar refractivity (Wildman–Crippen MR) is 112 cm³/mol. The topological polar surface area (TPSA) is 104 Å². The van der Waals surface area contributed by atoms with Gasteiger partial charge in [-0.3, -0.25) is 20.4 Å². The van der Waals surface area contributed by atoms with Crippen LogP contribution in [0.2, 0.25) is 0 Å². The second-order valence-electron chi connectivity index (χ2n) is 6.41. The molecular weight excluding hydrogens is 404 g/mol. The lowest BCUT2D eigenvalue weighted by molar-refractivity contribution is -0.131. The molecule has 0 fully saturated rings. The van der Waals surface area contributed by atoms with Gasteiger partial charge in [-0.15, -0.1) is 0 Å². The van der Waals surface area contributed by atoms with Gasteiger partial charge in [0.15, 0.2) is 23.0 Å². The van der Waals surface area contributed by atoms with E-state index in [1.807, 2.05) is 26.8 Å². The number of hydrogen-bond acceptors (Lipinski definition) is 7. The molecule has 1 aliphatic rings. The first-order chi connectivity index (χ1) is 15.1. The summed E-state index contributed by atoms with van der Waals surface area (Å²) < 4.78 is 28.0. The van der Waals surface area contributed by atoms with Crippen LogP contribution in [-0.4, -0.2) is 44.3 Å². The molecular formula is C22H26N2O7. The van der Waals surface area contributed by atoms with Crippen LogP contribution in [0.5, 0.6) is 28.7 Å². The van der Waals surface area contributed by atoms with Crippen molar-refractivity contribution in [1.29, 1.82) is 0 Å². The number of carbonyl (C=O) groups excluding carboxylic acids is 2. The number of para-hydroxylation sites is 2. The van der Waals surface area contributed by atoms with Gasteiger partial charge in [0.05, 0.1) is 19.8 Å². The number of nitrogens with one attached hydrogen (secondary N) is 2. The summed E-state index contributed by atoms with van der Waals surface area (Å²) in [7, 11) is 0. The van der Waals surface area contributed by atoms with Crippen molar-refractivity contribution in [3.63, 3.8) is 0 Å². The highest BCUT2D eigenvalue weighted by molar-refractivity contribution is 5.97. The molecule has 166 valence electrons. The predicted octanol–water partition coefficient (Wildman–Crippen LogP) is 2.48. The molecule has 3 rings (SSSR count). The number of rotatable bonds is 8. The van der Waals surface area contributed by atoms with Crippen LogP contribution in [0.15, 0.2) is 36.4 Å². The standard InChI is InChI=1S/C22H26N2O7/c1-4-27-17-11-14(12-18(28-5-2)20(17)29-6-3)21(25)23-24-22(26)19-13-30-15-9-7-8-10-16(15)31-19/h7-12,19H,4-6,13H2,1-3H3,(H,23,25)(H,24,26)/t19-/m1/s1. The van der Waals surface area contributed by atoms with E-state index in [0.717, 1.165) is 0 Å². The molecule has 9 nitrogen and oxygen atoms in total. The Morgan fingerprint density at radius 3 is 2.16 bits per heavy atom. The molecule has 0 spiro atoms. The SMILES string of the molecule is CCOc1cc(C(=O)NNC(=O)[C@H]2COc3ccccc3O2)cc(OCC)c1OCC. The van der Waals surface area contributed by atoms with Crippen molar-refractivity contribution in [2.45, 2.75) is 26.9 Å². The zero-order chi connectivity index (χ0) is 22.2. The average Bonchev–Trinajstić information content (AvgIpc) is 2.79. The Hall–Kier alpha value is -3.62. The zero-order valence-electron chi connectivity index (χ0n) is 17.7. The lowest BCUT2D eigenvalue weighted by Gasteiger charge is -2.25. The highest BCUT2D eigenvalue weighted by Crippen LogP contribution is 2.39. The van der Waals surface area contributed by atoms with Crippen molar-refractivity contribution >= 4 is 11.8 Å². The monoisotopic (exact) mass is 430 g/mol. The number of amides is 2. The molecule has 1 heterocycles. The average molecular weight is 430 g/mol. The summed E-state index contributed by atoms with van der Waals surface area (Å²) in [5, 5.41) is 0. The molecule has 2 amide bonds. The van der Waals surface area contributed by atoms with Gasteiger partial charge in [0, 0.05) is 5.56 Å². The van der Waals surface area contributed by atoms with Crippen molar-refractivity contribution in [2.75, 3.05) is 26.4 Å². The second kappa shape index (κ2) is 10.4. The van der Waals surface area contributed by atoms with Crippen molar-refractivity contribution < 1.29 is 33.3 Å². The highest BCUT2D eigenvalue weighted by Gasteiger charge is 2.28. The maximum absolute atomic E-state index is 12.7. The van der Waals surface area contributed by atoms with Crippen molar-refractivity contribution in [3.8, 4) is 28.7 Å². The molecule has 0 unspecified atom stereocenters. The van der Waals surface area contributed by atoms with Gasteiger partial charge in [0.25, 0.3) is 11.8 Å². The first-order valence-corrected chi connectivity index (χ1v) is 10.1. The van der Waals surface area contributed by atoms with Crippen molar-refractivity contribution in [1.82, 2.24) is 10.9 Å². The van der Waals surface area contributed by atoms with E-state index in [1.165, 1.54) is 12.1 Å². The molecule has 2 aromatic carbocycles. The molecule has 1 aliphatic heterocycles. The van der Waals surface area contributed by atoms with E-state index < -0.39 is 17.9 Å². The fourth-order valence-corrected chi connectivity index (χ4v) is 2.94. The van der Waals surface area contributed by atoms with E-state index in [0.29, 0.717) is 48.6 Å². The summed E-state index contributed by atoms with van der Waals surface area (Å²) in [6.45, 7) is 6.71. The molecule has 0 aromatic heterocycles. The molecule has 0 radical (unpaired) electrons. The maximum atomic E-state index is 12.7. The van der Waals surface area contributed by atoms with E-state index >= 15 is 0 Å². The van der Waals surface area contributed by atoms with E-state index in [4.69, 9.17) is 23.7 Å². The van der Waals surface area contributed by atoms with Gasteiger partial charge in [-0.2, -0.15) is 0 Å². The largest absolute Gasteiger partial charge is 0.490 e. The summed E-state index contributed by atoms with van der Waals surface area (Å²) in [4.78, 5) is 25.1.